The van der Waals surface area contributed by atoms with E-state index < -0.39 is 0 Å². The summed E-state index contributed by atoms with van der Waals surface area (Å²) in [5.41, 5.74) is 2.34. The standard InChI is InChI=1S/C15H16N4O2S/c1-3-12-9-13(14(20)21-12)10-5-7-11(8-6-10)19-15(22-4-2)16-17-18-19/h5-9,12H,3-4H2,1-2H3. The van der Waals surface area contributed by atoms with Crippen molar-refractivity contribution < 1.29 is 9.53 Å². The lowest BCUT2D eigenvalue weighted by molar-refractivity contribution is -0.137. The zero-order chi connectivity index (χ0) is 15.5. The van der Waals surface area contributed by atoms with Gasteiger partial charge in [-0.15, -0.1) is 5.10 Å². The molecule has 3 rings (SSSR count). The predicted octanol–water partition coefficient (Wildman–Crippen LogP) is 2.49. The van der Waals surface area contributed by atoms with Crippen molar-refractivity contribution in [3.8, 4) is 5.69 Å². The smallest absolute Gasteiger partial charge is 0.339 e. The Labute approximate surface area is 132 Å². The molecular weight excluding hydrogens is 300 g/mol. The molecule has 22 heavy (non-hydrogen) atoms. The first-order valence-electron chi connectivity index (χ1n) is 7.17. The minimum atomic E-state index is -0.260. The summed E-state index contributed by atoms with van der Waals surface area (Å²) in [7, 11) is 0. The fourth-order valence-electron chi connectivity index (χ4n) is 2.25. The Kier molecular flexibility index (Phi) is 4.24. The summed E-state index contributed by atoms with van der Waals surface area (Å²) in [4.78, 5) is 11.9. The maximum absolute atomic E-state index is 11.9. The molecule has 0 N–H and O–H groups in total. The molecule has 0 fully saturated rings. The van der Waals surface area contributed by atoms with E-state index in [9.17, 15) is 4.79 Å². The molecule has 1 unspecified atom stereocenters. The summed E-state index contributed by atoms with van der Waals surface area (Å²) in [6, 6.07) is 7.59. The van der Waals surface area contributed by atoms with Crippen molar-refractivity contribution in [2.24, 2.45) is 0 Å². The van der Waals surface area contributed by atoms with Crippen LogP contribution in [0.2, 0.25) is 0 Å². The number of nitrogens with zero attached hydrogens (tertiary/aromatic N) is 4. The van der Waals surface area contributed by atoms with Gasteiger partial charge in [-0.3, -0.25) is 0 Å². The molecule has 2 aromatic rings. The van der Waals surface area contributed by atoms with Crippen LogP contribution in [0.4, 0.5) is 0 Å². The number of esters is 1. The van der Waals surface area contributed by atoms with Gasteiger partial charge < -0.3 is 4.74 Å². The van der Waals surface area contributed by atoms with Crippen molar-refractivity contribution >= 4 is 23.3 Å². The Bertz CT molecular complexity index is 709. The molecule has 0 saturated carbocycles. The van der Waals surface area contributed by atoms with Gasteiger partial charge in [-0.05, 0) is 46.4 Å². The highest BCUT2D eigenvalue weighted by molar-refractivity contribution is 7.99. The lowest BCUT2D eigenvalue weighted by atomic mass is 10.1. The van der Waals surface area contributed by atoms with Crippen LogP contribution >= 0.6 is 11.8 Å². The van der Waals surface area contributed by atoms with Gasteiger partial charge in [0.05, 0.1) is 11.3 Å². The first-order valence-corrected chi connectivity index (χ1v) is 8.16. The zero-order valence-corrected chi connectivity index (χ0v) is 13.2. The third-order valence-electron chi connectivity index (χ3n) is 3.37. The van der Waals surface area contributed by atoms with Gasteiger partial charge in [0, 0.05) is 0 Å². The van der Waals surface area contributed by atoms with Gasteiger partial charge in [0.2, 0.25) is 5.16 Å². The first-order chi connectivity index (χ1) is 10.7. The lowest BCUT2D eigenvalue weighted by Gasteiger charge is -2.05. The molecule has 1 aromatic carbocycles. The molecular formula is C15H16N4O2S. The number of benzene rings is 1. The van der Waals surface area contributed by atoms with Crippen molar-refractivity contribution in [3.63, 3.8) is 0 Å². The molecule has 114 valence electrons. The van der Waals surface area contributed by atoms with Crippen LogP contribution in [0.15, 0.2) is 35.5 Å². The van der Waals surface area contributed by atoms with Gasteiger partial charge >= 0.3 is 5.97 Å². The summed E-state index contributed by atoms with van der Waals surface area (Å²) in [6.07, 6.45) is 2.55. The van der Waals surface area contributed by atoms with Crippen molar-refractivity contribution in [2.45, 2.75) is 31.5 Å². The fourth-order valence-corrected chi connectivity index (χ4v) is 2.86. The van der Waals surface area contributed by atoms with Crippen molar-refractivity contribution in [1.82, 2.24) is 20.2 Å². The van der Waals surface area contributed by atoms with Crippen LogP contribution in [0, 0.1) is 0 Å². The highest BCUT2D eigenvalue weighted by Crippen LogP contribution is 2.26. The van der Waals surface area contributed by atoms with Crippen LogP contribution in [0.1, 0.15) is 25.8 Å². The normalized spacial score (nSPS) is 17.5. The maximum Gasteiger partial charge on any atom is 0.339 e. The topological polar surface area (TPSA) is 69.9 Å². The number of hydrogen-bond acceptors (Lipinski definition) is 6. The van der Waals surface area contributed by atoms with Crippen molar-refractivity contribution in [3.05, 3.63) is 35.9 Å². The third-order valence-corrected chi connectivity index (χ3v) is 4.17. The van der Waals surface area contributed by atoms with E-state index in [0.29, 0.717) is 5.57 Å². The Balaban J connectivity index is 1.87. The van der Waals surface area contributed by atoms with Crippen LogP contribution < -0.4 is 0 Å². The molecule has 0 aliphatic carbocycles. The van der Waals surface area contributed by atoms with Gasteiger partial charge in [-0.2, -0.15) is 4.68 Å². The number of cyclic esters (lactones) is 1. The van der Waals surface area contributed by atoms with E-state index >= 15 is 0 Å². The van der Waals surface area contributed by atoms with E-state index in [1.54, 1.807) is 16.4 Å². The van der Waals surface area contributed by atoms with Gasteiger partial charge in [-0.25, -0.2) is 4.79 Å². The molecule has 1 atom stereocenters. The van der Waals surface area contributed by atoms with Gasteiger partial charge in [0.25, 0.3) is 0 Å². The number of carbonyl (C=O) groups excluding carboxylic acids is 1. The Morgan fingerprint density at radius 3 is 2.68 bits per heavy atom. The number of ether oxygens (including phenoxy) is 1. The molecule has 0 bridgehead atoms. The van der Waals surface area contributed by atoms with Crippen LogP contribution in [-0.2, 0) is 9.53 Å². The molecule has 1 aliphatic rings. The second-order valence-corrected chi connectivity index (χ2v) is 6.02. The molecule has 1 aliphatic heterocycles. The molecule has 1 aromatic heterocycles. The van der Waals surface area contributed by atoms with E-state index in [0.717, 1.165) is 28.6 Å². The monoisotopic (exact) mass is 316 g/mol. The molecule has 0 radical (unpaired) electrons. The summed E-state index contributed by atoms with van der Waals surface area (Å²) in [5, 5.41) is 12.5. The first kappa shape index (κ1) is 14.8. The molecule has 2 heterocycles. The summed E-state index contributed by atoms with van der Waals surface area (Å²) >= 11 is 1.58. The summed E-state index contributed by atoms with van der Waals surface area (Å²) in [6.45, 7) is 4.04. The fraction of sp³-hybridized carbons (Fsp3) is 0.333. The zero-order valence-electron chi connectivity index (χ0n) is 12.4. The van der Waals surface area contributed by atoms with Crippen LogP contribution in [0.25, 0.3) is 11.3 Å². The second-order valence-electron chi connectivity index (χ2n) is 4.79. The number of carbonyl (C=O) groups is 1. The number of hydrogen-bond donors (Lipinski definition) is 0. The molecule has 7 heteroatoms. The number of tetrazole rings is 1. The van der Waals surface area contributed by atoms with E-state index in [1.807, 2.05) is 37.3 Å². The predicted molar refractivity (Wildman–Crippen MR) is 83.7 cm³/mol. The lowest BCUT2D eigenvalue weighted by Crippen LogP contribution is -2.06. The largest absolute Gasteiger partial charge is 0.455 e. The minimum Gasteiger partial charge on any atom is -0.455 e. The third kappa shape index (κ3) is 2.76. The average molecular weight is 316 g/mol. The quantitative estimate of drug-likeness (QED) is 0.623. The molecule has 0 saturated heterocycles. The van der Waals surface area contributed by atoms with Crippen LogP contribution in [0.3, 0.4) is 0 Å². The maximum atomic E-state index is 11.9. The number of rotatable bonds is 5. The summed E-state index contributed by atoms with van der Waals surface area (Å²) < 4.78 is 6.95. The average Bonchev–Trinajstić information content (AvgIpc) is 3.14. The number of aromatic nitrogens is 4. The van der Waals surface area contributed by atoms with Crippen molar-refractivity contribution in [2.75, 3.05) is 5.75 Å². The number of thioether (sulfide) groups is 1. The van der Waals surface area contributed by atoms with Gasteiger partial charge in [0.15, 0.2) is 0 Å². The van der Waals surface area contributed by atoms with Gasteiger partial charge in [0.1, 0.15) is 6.10 Å². The van der Waals surface area contributed by atoms with E-state index in [-0.39, 0.29) is 12.1 Å². The van der Waals surface area contributed by atoms with Crippen molar-refractivity contribution in [1.29, 1.82) is 0 Å². The molecule has 0 spiro atoms. The van der Waals surface area contributed by atoms with E-state index in [2.05, 4.69) is 22.4 Å². The van der Waals surface area contributed by atoms with E-state index in [1.165, 1.54) is 0 Å². The van der Waals surface area contributed by atoms with E-state index in [4.69, 9.17) is 4.74 Å². The SMILES string of the molecule is CCSc1nnnn1-c1ccc(C2=CC(CC)OC2=O)cc1. The Hall–Kier alpha value is -2.15. The van der Waals surface area contributed by atoms with Crippen LogP contribution in [0.5, 0.6) is 0 Å². The molecule has 6 nitrogen and oxygen atoms in total. The Morgan fingerprint density at radius 1 is 1.27 bits per heavy atom. The van der Waals surface area contributed by atoms with Gasteiger partial charge in [-0.1, -0.05) is 37.7 Å². The van der Waals surface area contributed by atoms with Crippen LogP contribution in [-0.4, -0.2) is 38.0 Å². The highest BCUT2D eigenvalue weighted by Gasteiger charge is 2.25. The minimum absolute atomic E-state index is 0.116. The summed E-state index contributed by atoms with van der Waals surface area (Å²) in [5.74, 6) is 0.638. The Morgan fingerprint density at radius 2 is 2.05 bits per heavy atom. The highest BCUT2D eigenvalue weighted by atomic mass is 32.2. The molecule has 0 amide bonds. The second kappa shape index (κ2) is 6.31.